The van der Waals surface area contributed by atoms with Crippen molar-refractivity contribution in [1.29, 1.82) is 0 Å². The van der Waals surface area contributed by atoms with E-state index in [4.69, 9.17) is 5.10 Å². The predicted octanol–water partition coefficient (Wildman–Crippen LogP) is 5.53. The van der Waals surface area contributed by atoms with Gasteiger partial charge in [0, 0.05) is 7.05 Å². The van der Waals surface area contributed by atoms with Crippen molar-refractivity contribution in [2.24, 2.45) is 11.0 Å². The number of carbonyl (C=O) groups is 1. The van der Waals surface area contributed by atoms with Crippen LogP contribution in [0.4, 0.5) is 5.69 Å². The first-order valence-corrected chi connectivity index (χ1v) is 10.9. The van der Waals surface area contributed by atoms with Gasteiger partial charge in [-0.1, -0.05) is 85.8 Å². The average Bonchev–Trinajstić information content (AvgIpc) is 3.24. The number of hydrogen-bond donors (Lipinski definition) is 0. The third kappa shape index (κ3) is 4.11. The highest BCUT2D eigenvalue weighted by molar-refractivity contribution is 6.15. The van der Waals surface area contributed by atoms with Gasteiger partial charge in [-0.05, 0) is 36.6 Å². The molecule has 3 aromatic carbocycles. The third-order valence-corrected chi connectivity index (χ3v) is 6.19. The van der Waals surface area contributed by atoms with E-state index in [0.29, 0.717) is 0 Å². The lowest BCUT2D eigenvalue weighted by atomic mass is 9.87. The second-order valence-electron chi connectivity index (χ2n) is 8.02. The smallest absolute Gasteiger partial charge is 0.234 e. The molecule has 1 amide bonds. The van der Waals surface area contributed by atoms with E-state index in [1.54, 1.807) is 0 Å². The minimum absolute atomic E-state index is 0.0194. The molecular formula is C27H29N3O. The maximum atomic E-state index is 13.9. The number of hydrogen-bond acceptors (Lipinski definition) is 3. The SMILES string of the molecule is CCC1C(C(=O)N(C)C(C)c2ccccc2)C(c2ccccc2)=NN1c1ccccc1. The molecular weight excluding hydrogens is 382 g/mol. The number of benzene rings is 3. The fraction of sp³-hybridized carbons (Fsp3) is 0.259. The minimum atomic E-state index is -0.330. The molecule has 3 aromatic rings. The Balaban J connectivity index is 1.72. The van der Waals surface area contributed by atoms with Crippen molar-refractivity contribution in [3.63, 3.8) is 0 Å². The number of anilines is 1. The molecule has 158 valence electrons. The maximum absolute atomic E-state index is 13.9. The van der Waals surface area contributed by atoms with Crippen LogP contribution in [0.5, 0.6) is 0 Å². The van der Waals surface area contributed by atoms with Crippen LogP contribution in [0.1, 0.15) is 37.4 Å². The van der Waals surface area contributed by atoms with Crippen LogP contribution in [0.2, 0.25) is 0 Å². The van der Waals surface area contributed by atoms with Crippen molar-refractivity contribution >= 4 is 17.3 Å². The van der Waals surface area contributed by atoms with Crippen LogP contribution in [-0.4, -0.2) is 29.6 Å². The topological polar surface area (TPSA) is 35.9 Å². The van der Waals surface area contributed by atoms with Crippen molar-refractivity contribution in [3.8, 4) is 0 Å². The van der Waals surface area contributed by atoms with Crippen molar-refractivity contribution in [3.05, 3.63) is 102 Å². The molecule has 0 fully saturated rings. The molecule has 0 aliphatic carbocycles. The van der Waals surface area contributed by atoms with Crippen LogP contribution in [0.3, 0.4) is 0 Å². The van der Waals surface area contributed by atoms with E-state index in [0.717, 1.165) is 28.9 Å². The number of carbonyl (C=O) groups excluding carboxylic acids is 1. The van der Waals surface area contributed by atoms with Gasteiger partial charge >= 0.3 is 0 Å². The van der Waals surface area contributed by atoms with Crippen LogP contribution >= 0.6 is 0 Å². The zero-order valence-corrected chi connectivity index (χ0v) is 18.3. The molecule has 0 saturated carbocycles. The quantitative estimate of drug-likeness (QED) is 0.535. The molecule has 1 aliphatic rings. The number of hydrazone groups is 1. The predicted molar refractivity (Wildman–Crippen MR) is 127 cm³/mol. The summed E-state index contributed by atoms with van der Waals surface area (Å²) in [5.41, 5.74) is 3.98. The maximum Gasteiger partial charge on any atom is 0.234 e. The molecule has 4 rings (SSSR count). The summed E-state index contributed by atoms with van der Waals surface area (Å²) in [7, 11) is 1.90. The summed E-state index contributed by atoms with van der Waals surface area (Å²) in [6, 6.07) is 30.3. The van der Waals surface area contributed by atoms with Gasteiger partial charge in [0.05, 0.1) is 23.5 Å². The van der Waals surface area contributed by atoms with E-state index >= 15 is 0 Å². The lowest BCUT2D eigenvalue weighted by Crippen LogP contribution is -2.45. The van der Waals surface area contributed by atoms with Crippen molar-refractivity contribution in [2.45, 2.75) is 32.4 Å². The van der Waals surface area contributed by atoms with Crippen LogP contribution in [0.15, 0.2) is 96.1 Å². The van der Waals surface area contributed by atoms with Gasteiger partial charge in [0.1, 0.15) is 5.92 Å². The van der Waals surface area contributed by atoms with Gasteiger partial charge in [0.15, 0.2) is 0 Å². The summed E-state index contributed by atoms with van der Waals surface area (Å²) < 4.78 is 0. The molecule has 4 heteroatoms. The van der Waals surface area contributed by atoms with Crippen LogP contribution in [-0.2, 0) is 4.79 Å². The van der Waals surface area contributed by atoms with E-state index in [-0.39, 0.29) is 23.9 Å². The second-order valence-corrected chi connectivity index (χ2v) is 8.02. The fourth-order valence-electron chi connectivity index (χ4n) is 4.31. The molecule has 4 nitrogen and oxygen atoms in total. The Bertz CT molecular complexity index is 1030. The molecule has 0 bridgehead atoms. The zero-order chi connectivity index (χ0) is 21.8. The molecule has 1 heterocycles. The third-order valence-electron chi connectivity index (χ3n) is 6.19. The van der Waals surface area contributed by atoms with Crippen LogP contribution in [0.25, 0.3) is 0 Å². The van der Waals surface area contributed by atoms with Crippen molar-refractivity contribution in [1.82, 2.24) is 4.90 Å². The largest absolute Gasteiger partial charge is 0.338 e. The normalized spacial score (nSPS) is 19.1. The van der Waals surface area contributed by atoms with Crippen molar-refractivity contribution in [2.75, 3.05) is 12.1 Å². The summed E-state index contributed by atoms with van der Waals surface area (Å²) >= 11 is 0. The van der Waals surface area contributed by atoms with E-state index in [1.807, 2.05) is 83.7 Å². The first-order valence-electron chi connectivity index (χ1n) is 10.9. The molecule has 3 atom stereocenters. The molecule has 0 radical (unpaired) electrons. The zero-order valence-electron chi connectivity index (χ0n) is 18.3. The molecule has 0 spiro atoms. The minimum Gasteiger partial charge on any atom is -0.338 e. The highest BCUT2D eigenvalue weighted by Gasteiger charge is 2.44. The van der Waals surface area contributed by atoms with Crippen LogP contribution in [0, 0.1) is 5.92 Å². The van der Waals surface area contributed by atoms with Gasteiger partial charge in [-0.15, -0.1) is 0 Å². The Morgan fingerprint density at radius 3 is 2.06 bits per heavy atom. The van der Waals surface area contributed by atoms with E-state index < -0.39 is 0 Å². The van der Waals surface area contributed by atoms with Crippen molar-refractivity contribution < 1.29 is 4.79 Å². The average molecular weight is 412 g/mol. The Labute approximate surface area is 184 Å². The second kappa shape index (κ2) is 9.17. The summed E-state index contributed by atoms with van der Waals surface area (Å²) in [5, 5.41) is 7.03. The monoisotopic (exact) mass is 411 g/mol. The summed E-state index contributed by atoms with van der Waals surface area (Å²) in [6.45, 7) is 4.21. The Morgan fingerprint density at radius 1 is 0.935 bits per heavy atom. The lowest BCUT2D eigenvalue weighted by molar-refractivity contribution is -0.134. The Morgan fingerprint density at radius 2 is 1.48 bits per heavy atom. The standard InChI is InChI=1S/C27H29N3O/c1-4-24-25(27(31)29(3)20(2)21-14-8-5-9-15-21)26(22-16-10-6-11-17-22)28-30(24)23-18-12-7-13-19-23/h5-20,24-25H,4H2,1-3H3. The Kier molecular flexibility index (Phi) is 6.17. The molecule has 3 unspecified atom stereocenters. The van der Waals surface area contributed by atoms with Gasteiger partial charge in [-0.25, -0.2) is 0 Å². The van der Waals surface area contributed by atoms with Gasteiger partial charge in [-0.2, -0.15) is 5.10 Å². The number of para-hydroxylation sites is 1. The summed E-state index contributed by atoms with van der Waals surface area (Å²) in [6.07, 6.45) is 0.818. The van der Waals surface area contributed by atoms with Gasteiger partial charge in [0.2, 0.25) is 5.91 Å². The van der Waals surface area contributed by atoms with E-state index in [1.165, 1.54) is 0 Å². The molecule has 1 aliphatic heterocycles. The van der Waals surface area contributed by atoms with Gasteiger partial charge in [-0.3, -0.25) is 9.80 Å². The summed E-state index contributed by atoms with van der Waals surface area (Å²) in [4.78, 5) is 15.8. The molecule has 0 aromatic heterocycles. The summed E-state index contributed by atoms with van der Waals surface area (Å²) in [5.74, 6) is -0.229. The van der Waals surface area contributed by atoms with Crippen LogP contribution < -0.4 is 5.01 Å². The molecule has 0 N–H and O–H groups in total. The number of amides is 1. The lowest BCUT2D eigenvalue weighted by Gasteiger charge is -2.32. The highest BCUT2D eigenvalue weighted by Crippen LogP contribution is 2.35. The first kappa shape index (κ1) is 20.9. The molecule has 31 heavy (non-hydrogen) atoms. The van der Waals surface area contributed by atoms with Gasteiger partial charge in [0.25, 0.3) is 0 Å². The van der Waals surface area contributed by atoms with E-state index in [9.17, 15) is 4.79 Å². The highest BCUT2D eigenvalue weighted by atomic mass is 16.2. The van der Waals surface area contributed by atoms with Gasteiger partial charge < -0.3 is 4.90 Å². The fourth-order valence-corrected chi connectivity index (χ4v) is 4.31. The van der Waals surface area contributed by atoms with E-state index in [2.05, 4.69) is 38.1 Å². The molecule has 0 saturated heterocycles. The number of rotatable bonds is 6. The first-order chi connectivity index (χ1) is 15.1. The number of nitrogens with zero attached hydrogens (tertiary/aromatic N) is 3. The Hall–Kier alpha value is -3.40.